The lowest BCUT2D eigenvalue weighted by Crippen LogP contribution is -2.41. The maximum atomic E-state index is 12.8. The van der Waals surface area contributed by atoms with Crippen molar-refractivity contribution in [3.05, 3.63) is 36.3 Å². The third-order valence-corrected chi connectivity index (χ3v) is 4.59. The number of nitrogens with zero attached hydrogens (tertiary/aromatic N) is 4. The Bertz CT molecular complexity index is 645. The first kappa shape index (κ1) is 13.5. The van der Waals surface area contributed by atoms with Crippen LogP contribution in [0.4, 0.5) is 0 Å². The zero-order chi connectivity index (χ0) is 14.9. The second kappa shape index (κ2) is 5.59. The summed E-state index contributed by atoms with van der Waals surface area (Å²) in [6, 6.07) is 1.83. The summed E-state index contributed by atoms with van der Waals surface area (Å²) < 4.78 is 7.40. The lowest BCUT2D eigenvalue weighted by atomic mass is 9.97. The van der Waals surface area contributed by atoms with E-state index in [1.54, 1.807) is 18.9 Å². The van der Waals surface area contributed by atoms with Crippen LogP contribution < -0.4 is 0 Å². The molecule has 6 nitrogen and oxygen atoms in total. The zero-order valence-electron chi connectivity index (χ0n) is 12.5. The minimum absolute atomic E-state index is 0.124. The molecule has 22 heavy (non-hydrogen) atoms. The van der Waals surface area contributed by atoms with Crippen LogP contribution in [0.15, 0.2) is 29.4 Å². The van der Waals surface area contributed by atoms with Crippen molar-refractivity contribution in [3.8, 4) is 0 Å². The number of amides is 1. The molecule has 0 bridgehead atoms. The number of hydrogen-bond donors (Lipinski definition) is 0. The predicted molar refractivity (Wildman–Crippen MR) is 79.3 cm³/mol. The summed E-state index contributed by atoms with van der Waals surface area (Å²) in [5.74, 6) is 1.92. The van der Waals surface area contributed by atoms with Gasteiger partial charge in [0.2, 0.25) is 0 Å². The zero-order valence-corrected chi connectivity index (χ0v) is 12.5. The maximum Gasteiger partial charge on any atom is 0.257 e. The summed E-state index contributed by atoms with van der Waals surface area (Å²) in [5, 5.41) is 4.16. The van der Waals surface area contributed by atoms with Gasteiger partial charge in [-0.15, -0.1) is 0 Å². The number of hydrogen-bond acceptors (Lipinski definition) is 4. The number of likely N-dealkylation sites (tertiary alicyclic amines) is 1. The maximum absolute atomic E-state index is 12.8. The quantitative estimate of drug-likeness (QED) is 0.869. The van der Waals surface area contributed by atoms with E-state index in [1.165, 1.54) is 0 Å². The number of furan rings is 1. The minimum Gasteiger partial charge on any atom is -0.468 e. The summed E-state index contributed by atoms with van der Waals surface area (Å²) in [6.07, 6.45) is 9.40. The molecule has 2 aromatic rings. The van der Waals surface area contributed by atoms with Gasteiger partial charge in [0, 0.05) is 25.6 Å². The second-order valence-electron chi connectivity index (χ2n) is 6.35. The summed E-state index contributed by atoms with van der Waals surface area (Å²) in [7, 11) is 0. The molecule has 0 N–H and O–H groups in total. The number of piperidine rings is 1. The summed E-state index contributed by atoms with van der Waals surface area (Å²) in [5.41, 5.74) is 0.768. The van der Waals surface area contributed by atoms with Gasteiger partial charge < -0.3 is 9.32 Å². The SMILES string of the molecule is O=C(c1ccoc1C1CC1)N1CCC[C@H](Cn2cncn2)C1. The number of rotatable bonds is 4. The van der Waals surface area contributed by atoms with E-state index in [1.807, 2.05) is 15.6 Å². The summed E-state index contributed by atoms with van der Waals surface area (Å²) in [4.78, 5) is 18.7. The van der Waals surface area contributed by atoms with Crippen molar-refractivity contribution >= 4 is 5.91 Å². The van der Waals surface area contributed by atoms with Crippen LogP contribution in [0, 0.1) is 5.92 Å². The standard InChI is InChI=1S/C16H20N4O2/c21-16(14-5-7-22-15(14)13-3-4-13)19-6-1-2-12(8-19)9-20-11-17-10-18-20/h5,7,10-13H,1-4,6,8-9H2/t12-/m0/s1. The Morgan fingerprint density at radius 1 is 1.36 bits per heavy atom. The van der Waals surface area contributed by atoms with Gasteiger partial charge in [0.25, 0.3) is 5.91 Å². The topological polar surface area (TPSA) is 64.2 Å². The van der Waals surface area contributed by atoms with Crippen molar-refractivity contribution in [2.24, 2.45) is 5.92 Å². The summed E-state index contributed by atoms with van der Waals surface area (Å²) >= 11 is 0. The minimum atomic E-state index is 0.124. The van der Waals surface area contributed by atoms with Gasteiger partial charge in [0.1, 0.15) is 18.4 Å². The van der Waals surface area contributed by atoms with Gasteiger partial charge in [-0.25, -0.2) is 4.98 Å². The third-order valence-electron chi connectivity index (χ3n) is 4.59. The number of carbonyl (C=O) groups excluding carboxylic acids is 1. The lowest BCUT2D eigenvalue weighted by molar-refractivity contribution is 0.0657. The Labute approximate surface area is 129 Å². The number of carbonyl (C=O) groups is 1. The Balaban J connectivity index is 1.45. The van der Waals surface area contributed by atoms with Gasteiger partial charge in [-0.3, -0.25) is 9.48 Å². The van der Waals surface area contributed by atoms with E-state index < -0.39 is 0 Å². The molecule has 2 aliphatic rings. The van der Waals surface area contributed by atoms with E-state index in [-0.39, 0.29) is 5.91 Å². The molecule has 0 unspecified atom stereocenters. The van der Waals surface area contributed by atoms with E-state index in [2.05, 4.69) is 10.1 Å². The van der Waals surface area contributed by atoms with Crippen LogP contribution in [0.25, 0.3) is 0 Å². The highest BCUT2D eigenvalue weighted by molar-refractivity contribution is 5.95. The molecule has 0 spiro atoms. The first-order valence-corrected chi connectivity index (χ1v) is 8.00. The molecule has 2 fully saturated rings. The average molecular weight is 300 g/mol. The molecule has 1 atom stereocenters. The van der Waals surface area contributed by atoms with Crippen molar-refractivity contribution in [3.63, 3.8) is 0 Å². The van der Waals surface area contributed by atoms with Gasteiger partial charge in [-0.05, 0) is 37.7 Å². The van der Waals surface area contributed by atoms with E-state index in [0.29, 0.717) is 11.8 Å². The molecule has 0 radical (unpaired) electrons. The highest BCUT2D eigenvalue weighted by Gasteiger charge is 2.33. The van der Waals surface area contributed by atoms with Crippen LogP contribution in [-0.4, -0.2) is 38.7 Å². The van der Waals surface area contributed by atoms with Crippen molar-refractivity contribution in [1.82, 2.24) is 19.7 Å². The molecule has 3 heterocycles. The fourth-order valence-electron chi connectivity index (χ4n) is 3.32. The highest BCUT2D eigenvalue weighted by atomic mass is 16.3. The van der Waals surface area contributed by atoms with E-state index in [9.17, 15) is 4.79 Å². The molecule has 6 heteroatoms. The van der Waals surface area contributed by atoms with Crippen LogP contribution in [0.1, 0.15) is 47.7 Å². The van der Waals surface area contributed by atoms with Gasteiger partial charge in [0.15, 0.2) is 0 Å². The van der Waals surface area contributed by atoms with Crippen molar-refractivity contribution in [2.45, 2.75) is 38.1 Å². The van der Waals surface area contributed by atoms with Gasteiger partial charge in [-0.1, -0.05) is 0 Å². The average Bonchev–Trinajstić information content (AvgIpc) is 3.05. The largest absolute Gasteiger partial charge is 0.468 e. The smallest absolute Gasteiger partial charge is 0.257 e. The van der Waals surface area contributed by atoms with Crippen LogP contribution >= 0.6 is 0 Å². The molecule has 1 saturated carbocycles. The molecule has 116 valence electrons. The molecular weight excluding hydrogens is 280 g/mol. The van der Waals surface area contributed by atoms with Crippen LogP contribution in [0.3, 0.4) is 0 Å². The normalized spacial score (nSPS) is 22.0. The summed E-state index contributed by atoms with van der Waals surface area (Å²) in [6.45, 7) is 2.45. The van der Waals surface area contributed by atoms with Crippen molar-refractivity contribution < 1.29 is 9.21 Å². The van der Waals surface area contributed by atoms with E-state index in [0.717, 1.165) is 56.6 Å². The molecule has 1 aliphatic heterocycles. The lowest BCUT2D eigenvalue weighted by Gasteiger charge is -2.32. The van der Waals surface area contributed by atoms with Crippen molar-refractivity contribution in [2.75, 3.05) is 13.1 Å². The van der Waals surface area contributed by atoms with E-state index >= 15 is 0 Å². The Morgan fingerprint density at radius 2 is 2.27 bits per heavy atom. The molecule has 0 aromatic carbocycles. The van der Waals surface area contributed by atoms with Gasteiger partial charge in [0.05, 0.1) is 11.8 Å². The fraction of sp³-hybridized carbons (Fsp3) is 0.562. The first-order valence-electron chi connectivity index (χ1n) is 8.00. The van der Waals surface area contributed by atoms with Crippen molar-refractivity contribution in [1.29, 1.82) is 0 Å². The van der Waals surface area contributed by atoms with Crippen LogP contribution in [0.5, 0.6) is 0 Å². The molecule has 2 aromatic heterocycles. The van der Waals surface area contributed by atoms with Gasteiger partial charge in [-0.2, -0.15) is 5.10 Å². The van der Waals surface area contributed by atoms with Crippen LogP contribution in [-0.2, 0) is 6.54 Å². The fourth-order valence-corrected chi connectivity index (χ4v) is 3.32. The Morgan fingerprint density at radius 3 is 3.05 bits per heavy atom. The first-order chi connectivity index (χ1) is 10.8. The molecule has 4 rings (SSSR count). The van der Waals surface area contributed by atoms with Gasteiger partial charge >= 0.3 is 0 Å². The second-order valence-corrected chi connectivity index (χ2v) is 6.35. The van der Waals surface area contributed by atoms with E-state index in [4.69, 9.17) is 4.42 Å². The Kier molecular flexibility index (Phi) is 3.44. The molecule has 1 amide bonds. The van der Waals surface area contributed by atoms with Crippen LogP contribution in [0.2, 0.25) is 0 Å². The third kappa shape index (κ3) is 2.65. The highest BCUT2D eigenvalue weighted by Crippen LogP contribution is 2.42. The molecular formula is C16H20N4O2. The molecule has 1 aliphatic carbocycles. The monoisotopic (exact) mass is 300 g/mol. The Hall–Kier alpha value is -2.11. The molecule has 1 saturated heterocycles. The predicted octanol–water partition coefficient (Wildman–Crippen LogP) is 2.30. The number of aromatic nitrogens is 3.